The van der Waals surface area contributed by atoms with E-state index in [1.807, 2.05) is 0 Å². The summed E-state index contributed by atoms with van der Waals surface area (Å²) in [5, 5.41) is 11.2. The number of aliphatic hydroxyl groups excluding tert-OH is 1. The van der Waals surface area contributed by atoms with Gasteiger partial charge in [0.05, 0.1) is 12.3 Å². The van der Waals surface area contributed by atoms with E-state index in [0.29, 0.717) is 5.75 Å². The molecule has 0 saturated carbocycles. The second-order valence-electron chi connectivity index (χ2n) is 2.16. The number of carbonyl (C=O) groups excluding carboxylic acids is 2. The highest BCUT2D eigenvalue weighted by molar-refractivity contribution is 7.99. The number of hydrogen-bond donors (Lipinski definition) is 3. The van der Waals surface area contributed by atoms with Gasteiger partial charge in [-0.3, -0.25) is 9.59 Å². The zero-order valence-electron chi connectivity index (χ0n) is 6.74. The van der Waals surface area contributed by atoms with E-state index in [9.17, 15) is 9.59 Å². The molecular formula is C6H12N2O3S. The van der Waals surface area contributed by atoms with Crippen molar-refractivity contribution in [3.63, 3.8) is 0 Å². The third kappa shape index (κ3) is 4.97. The molecule has 0 saturated heterocycles. The molecule has 0 radical (unpaired) electrons. The summed E-state index contributed by atoms with van der Waals surface area (Å²) in [5.41, 5.74) is 4.75. The molecule has 0 aliphatic rings. The van der Waals surface area contributed by atoms with E-state index in [1.54, 1.807) is 6.26 Å². The van der Waals surface area contributed by atoms with Crippen LogP contribution in [0.25, 0.3) is 0 Å². The molecule has 4 N–H and O–H groups in total. The first-order valence-corrected chi connectivity index (χ1v) is 4.70. The van der Waals surface area contributed by atoms with Crippen LogP contribution in [0.3, 0.4) is 0 Å². The maximum atomic E-state index is 10.8. The van der Waals surface area contributed by atoms with E-state index < -0.39 is 12.0 Å². The van der Waals surface area contributed by atoms with Crippen LogP contribution in [0.5, 0.6) is 0 Å². The number of aliphatic hydroxyl groups is 1. The fraction of sp³-hybridized carbons (Fsp3) is 0.667. The molecule has 5 nitrogen and oxygen atoms in total. The number of nitrogens with two attached hydrogens (primary N) is 1. The summed E-state index contributed by atoms with van der Waals surface area (Å²) in [6.45, 7) is -0.116. The molecule has 0 spiro atoms. The molecule has 2 amide bonds. The SMILES string of the molecule is CSCC(=O)NCC(O)C(N)=O. The number of rotatable bonds is 5. The number of thioether (sulfide) groups is 1. The average molecular weight is 192 g/mol. The first-order chi connectivity index (χ1) is 5.57. The van der Waals surface area contributed by atoms with Gasteiger partial charge < -0.3 is 16.2 Å². The molecule has 0 aliphatic carbocycles. The number of nitrogens with one attached hydrogen (secondary N) is 1. The van der Waals surface area contributed by atoms with Gasteiger partial charge >= 0.3 is 0 Å². The Bertz CT molecular complexity index is 174. The van der Waals surface area contributed by atoms with Crippen molar-refractivity contribution in [3.8, 4) is 0 Å². The lowest BCUT2D eigenvalue weighted by Crippen LogP contribution is -2.40. The summed E-state index contributed by atoms with van der Waals surface area (Å²) in [5.74, 6) is -0.742. The Kier molecular flexibility index (Phi) is 5.48. The van der Waals surface area contributed by atoms with Gasteiger partial charge in [0, 0.05) is 0 Å². The minimum absolute atomic E-state index is 0.116. The van der Waals surface area contributed by atoms with Crippen molar-refractivity contribution in [2.24, 2.45) is 5.73 Å². The van der Waals surface area contributed by atoms with Gasteiger partial charge in [-0.15, -0.1) is 0 Å². The first kappa shape index (κ1) is 11.2. The molecule has 6 heteroatoms. The quantitative estimate of drug-likeness (QED) is 0.484. The zero-order chi connectivity index (χ0) is 9.56. The molecule has 0 rings (SSSR count). The smallest absolute Gasteiger partial charge is 0.248 e. The molecule has 0 aromatic rings. The molecular weight excluding hydrogens is 180 g/mol. The van der Waals surface area contributed by atoms with Gasteiger partial charge in [0.2, 0.25) is 11.8 Å². The minimum atomic E-state index is -1.30. The van der Waals surface area contributed by atoms with Crippen molar-refractivity contribution < 1.29 is 14.7 Å². The van der Waals surface area contributed by atoms with Crippen LogP contribution < -0.4 is 11.1 Å². The largest absolute Gasteiger partial charge is 0.381 e. The second-order valence-corrected chi connectivity index (χ2v) is 3.02. The second kappa shape index (κ2) is 5.84. The molecule has 1 atom stereocenters. The topological polar surface area (TPSA) is 92.4 Å². The zero-order valence-corrected chi connectivity index (χ0v) is 7.56. The lowest BCUT2D eigenvalue weighted by atomic mass is 10.3. The van der Waals surface area contributed by atoms with Crippen LogP contribution in [0.2, 0.25) is 0 Å². The maximum Gasteiger partial charge on any atom is 0.248 e. The van der Waals surface area contributed by atoms with Crippen LogP contribution in [-0.2, 0) is 9.59 Å². The fourth-order valence-corrected chi connectivity index (χ4v) is 0.857. The van der Waals surface area contributed by atoms with Gasteiger partial charge in [-0.05, 0) is 6.26 Å². The monoisotopic (exact) mass is 192 g/mol. The molecule has 0 bridgehead atoms. The summed E-state index contributed by atoms with van der Waals surface area (Å²) in [6.07, 6.45) is 0.486. The standard InChI is InChI=1S/C6H12N2O3S/c1-12-3-5(10)8-2-4(9)6(7)11/h4,9H,2-3H2,1H3,(H2,7,11)(H,8,10). The van der Waals surface area contributed by atoms with E-state index in [0.717, 1.165) is 0 Å². The Morgan fingerprint density at radius 1 is 1.67 bits per heavy atom. The van der Waals surface area contributed by atoms with Crippen LogP contribution in [0.4, 0.5) is 0 Å². The fourth-order valence-electron chi connectivity index (χ4n) is 0.493. The number of hydrogen-bond acceptors (Lipinski definition) is 4. The lowest BCUT2D eigenvalue weighted by molar-refractivity contribution is -0.126. The third-order valence-electron chi connectivity index (χ3n) is 1.10. The highest BCUT2D eigenvalue weighted by atomic mass is 32.2. The van der Waals surface area contributed by atoms with Crippen LogP contribution in [0.15, 0.2) is 0 Å². The Hall–Kier alpha value is -0.750. The Morgan fingerprint density at radius 3 is 2.67 bits per heavy atom. The number of amides is 2. The van der Waals surface area contributed by atoms with E-state index in [4.69, 9.17) is 10.8 Å². The molecule has 0 fully saturated rings. The van der Waals surface area contributed by atoms with Gasteiger partial charge in [-0.1, -0.05) is 0 Å². The van der Waals surface area contributed by atoms with Crippen LogP contribution in [0.1, 0.15) is 0 Å². The Labute approximate surface area is 74.7 Å². The normalized spacial score (nSPS) is 12.2. The van der Waals surface area contributed by atoms with Crippen LogP contribution in [0, 0.1) is 0 Å². The van der Waals surface area contributed by atoms with Gasteiger partial charge in [-0.2, -0.15) is 11.8 Å². The average Bonchev–Trinajstić information content (AvgIpc) is 2.00. The highest BCUT2D eigenvalue weighted by Crippen LogP contribution is 1.89. The van der Waals surface area contributed by atoms with Crippen molar-refractivity contribution in [2.45, 2.75) is 6.10 Å². The van der Waals surface area contributed by atoms with Crippen LogP contribution in [-0.4, -0.2) is 41.6 Å². The lowest BCUT2D eigenvalue weighted by Gasteiger charge is -2.07. The summed E-state index contributed by atoms with van der Waals surface area (Å²) in [7, 11) is 0. The van der Waals surface area contributed by atoms with E-state index in [2.05, 4.69) is 5.32 Å². The van der Waals surface area contributed by atoms with E-state index in [-0.39, 0.29) is 12.5 Å². The van der Waals surface area contributed by atoms with Crippen molar-refractivity contribution in [2.75, 3.05) is 18.6 Å². The van der Waals surface area contributed by atoms with Crippen molar-refractivity contribution >= 4 is 23.6 Å². The molecule has 0 aromatic carbocycles. The summed E-state index contributed by atoms with van der Waals surface area (Å²) >= 11 is 1.36. The predicted octanol–water partition coefficient (Wildman–Crippen LogP) is -1.69. The highest BCUT2D eigenvalue weighted by Gasteiger charge is 2.11. The van der Waals surface area contributed by atoms with Gasteiger partial charge in [0.25, 0.3) is 0 Å². The van der Waals surface area contributed by atoms with E-state index >= 15 is 0 Å². The predicted molar refractivity (Wildman–Crippen MR) is 46.6 cm³/mol. The molecule has 0 heterocycles. The Balaban J connectivity index is 3.54. The van der Waals surface area contributed by atoms with Crippen LogP contribution >= 0.6 is 11.8 Å². The molecule has 0 aliphatic heterocycles. The minimum Gasteiger partial charge on any atom is -0.381 e. The number of carbonyl (C=O) groups is 2. The third-order valence-corrected chi connectivity index (χ3v) is 1.65. The molecule has 0 aromatic heterocycles. The Morgan fingerprint density at radius 2 is 2.25 bits per heavy atom. The molecule has 12 heavy (non-hydrogen) atoms. The summed E-state index contributed by atoms with van der Waals surface area (Å²) < 4.78 is 0. The summed E-state index contributed by atoms with van der Waals surface area (Å²) in [6, 6.07) is 0. The van der Waals surface area contributed by atoms with E-state index in [1.165, 1.54) is 11.8 Å². The van der Waals surface area contributed by atoms with Crippen molar-refractivity contribution in [1.82, 2.24) is 5.32 Å². The maximum absolute atomic E-state index is 10.8. The summed E-state index contributed by atoms with van der Waals surface area (Å²) in [4.78, 5) is 21.1. The van der Waals surface area contributed by atoms with Gasteiger partial charge in [0.1, 0.15) is 6.10 Å². The van der Waals surface area contributed by atoms with Gasteiger partial charge in [-0.25, -0.2) is 0 Å². The van der Waals surface area contributed by atoms with Crippen molar-refractivity contribution in [1.29, 1.82) is 0 Å². The number of primary amides is 1. The molecule has 70 valence electrons. The van der Waals surface area contributed by atoms with Gasteiger partial charge in [0.15, 0.2) is 0 Å². The van der Waals surface area contributed by atoms with Crippen molar-refractivity contribution in [3.05, 3.63) is 0 Å². The first-order valence-electron chi connectivity index (χ1n) is 3.31. The molecule has 1 unspecified atom stereocenters.